The average molecular weight is 375 g/mol. The molecule has 2 aliphatic rings. The quantitative estimate of drug-likeness (QED) is 0.763. The minimum atomic E-state index is -0.506. The maximum absolute atomic E-state index is 12.9. The number of carbonyl (C=O) groups is 2. The topological polar surface area (TPSA) is 72.0 Å². The molecule has 1 aromatic heterocycles. The number of nitrogens with zero attached hydrogens (tertiary/aromatic N) is 3. The van der Waals surface area contributed by atoms with Crippen LogP contribution in [0.2, 0.25) is 0 Å². The van der Waals surface area contributed by atoms with Crippen molar-refractivity contribution in [2.24, 2.45) is 0 Å². The number of hydrogen-bond donors (Lipinski definition) is 0. The van der Waals surface area contributed by atoms with E-state index >= 15 is 0 Å². The van der Waals surface area contributed by atoms with Crippen molar-refractivity contribution in [3.8, 4) is 0 Å². The number of amides is 2. The van der Waals surface area contributed by atoms with E-state index < -0.39 is 5.79 Å². The Morgan fingerprint density at radius 3 is 2.26 bits per heavy atom. The number of carbonyl (C=O) groups excluding carboxylic acids is 2. The Kier molecular flexibility index (Phi) is 6.44. The Labute approximate surface area is 160 Å². The fourth-order valence-corrected chi connectivity index (χ4v) is 3.73. The summed E-state index contributed by atoms with van der Waals surface area (Å²) in [6.07, 6.45) is 6.23. The molecule has 1 aromatic rings. The smallest absolute Gasteiger partial charge is 0.255 e. The summed E-state index contributed by atoms with van der Waals surface area (Å²) in [7, 11) is 0. The summed E-state index contributed by atoms with van der Waals surface area (Å²) < 4.78 is 11.4. The van der Waals surface area contributed by atoms with Crippen molar-refractivity contribution in [3.63, 3.8) is 0 Å². The number of hydrogen-bond acceptors (Lipinski definition) is 5. The van der Waals surface area contributed by atoms with Gasteiger partial charge in [-0.2, -0.15) is 0 Å². The van der Waals surface area contributed by atoms with Crippen LogP contribution in [-0.2, 0) is 9.47 Å². The fraction of sp³-hybridized carbons (Fsp3) is 0.650. The number of piperidine rings is 1. The maximum Gasteiger partial charge on any atom is 0.255 e. The molecule has 0 saturated carbocycles. The molecule has 148 valence electrons. The van der Waals surface area contributed by atoms with Crippen LogP contribution in [0.5, 0.6) is 0 Å². The molecule has 2 aliphatic heterocycles. The first kappa shape index (κ1) is 19.8. The van der Waals surface area contributed by atoms with E-state index in [0.29, 0.717) is 63.4 Å². The van der Waals surface area contributed by atoms with Gasteiger partial charge in [0.05, 0.1) is 24.3 Å². The van der Waals surface area contributed by atoms with Gasteiger partial charge in [0.1, 0.15) is 0 Å². The highest BCUT2D eigenvalue weighted by atomic mass is 16.7. The standard InChI is InChI=1S/C20H29N3O4/c1-3-7-22(8-4-2)18(24)16-13-17(15-21-14-16)19(25)23-9-5-20(6-10-23)26-11-12-27-20/h13-15H,3-12H2,1-2H3. The molecule has 2 amide bonds. The molecule has 1 spiro atoms. The van der Waals surface area contributed by atoms with Gasteiger partial charge in [0.25, 0.3) is 11.8 Å². The van der Waals surface area contributed by atoms with Crippen LogP contribution in [0.15, 0.2) is 18.5 Å². The number of aromatic nitrogens is 1. The zero-order valence-electron chi connectivity index (χ0n) is 16.3. The van der Waals surface area contributed by atoms with Gasteiger partial charge in [-0.15, -0.1) is 0 Å². The molecule has 3 heterocycles. The lowest BCUT2D eigenvalue weighted by molar-refractivity contribution is -0.181. The van der Waals surface area contributed by atoms with Crippen LogP contribution in [0.25, 0.3) is 0 Å². The molecule has 27 heavy (non-hydrogen) atoms. The van der Waals surface area contributed by atoms with Crippen LogP contribution in [0.3, 0.4) is 0 Å². The summed E-state index contributed by atoms with van der Waals surface area (Å²) in [5, 5.41) is 0. The molecule has 0 N–H and O–H groups in total. The van der Waals surface area contributed by atoms with Gasteiger partial charge in [0, 0.05) is 51.4 Å². The predicted molar refractivity (Wildman–Crippen MR) is 100 cm³/mol. The zero-order chi connectivity index (χ0) is 19.3. The molecule has 0 atom stereocenters. The van der Waals surface area contributed by atoms with Gasteiger partial charge >= 0.3 is 0 Å². The second-order valence-electron chi connectivity index (χ2n) is 7.15. The number of ether oxygens (including phenoxy) is 2. The van der Waals surface area contributed by atoms with Crippen LogP contribution < -0.4 is 0 Å². The van der Waals surface area contributed by atoms with E-state index in [0.717, 1.165) is 12.8 Å². The van der Waals surface area contributed by atoms with Gasteiger partial charge in [0.15, 0.2) is 5.79 Å². The molecule has 0 unspecified atom stereocenters. The highest BCUT2D eigenvalue weighted by Crippen LogP contribution is 2.31. The Morgan fingerprint density at radius 2 is 1.67 bits per heavy atom. The molecule has 7 nitrogen and oxygen atoms in total. The van der Waals surface area contributed by atoms with E-state index in [-0.39, 0.29) is 11.8 Å². The molecule has 0 bridgehead atoms. The van der Waals surface area contributed by atoms with Crippen molar-refractivity contribution in [2.45, 2.75) is 45.3 Å². The first-order chi connectivity index (χ1) is 13.1. The van der Waals surface area contributed by atoms with Crippen LogP contribution in [0.1, 0.15) is 60.2 Å². The number of pyridine rings is 1. The fourth-order valence-electron chi connectivity index (χ4n) is 3.73. The summed E-state index contributed by atoms with van der Waals surface area (Å²) in [5.74, 6) is -0.665. The van der Waals surface area contributed by atoms with E-state index in [1.165, 1.54) is 6.20 Å². The molecular weight excluding hydrogens is 346 g/mol. The normalized spacial score (nSPS) is 18.7. The third-order valence-electron chi connectivity index (χ3n) is 5.13. The van der Waals surface area contributed by atoms with Gasteiger partial charge in [-0.25, -0.2) is 0 Å². The van der Waals surface area contributed by atoms with Crippen molar-refractivity contribution in [1.82, 2.24) is 14.8 Å². The molecule has 2 fully saturated rings. The highest BCUT2D eigenvalue weighted by Gasteiger charge is 2.40. The predicted octanol–water partition coefficient (Wildman–Crippen LogP) is 2.32. The molecule has 0 radical (unpaired) electrons. The van der Waals surface area contributed by atoms with Crippen molar-refractivity contribution in [3.05, 3.63) is 29.6 Å². The van der Waals surface area contributed by atoms with E-state index in [1.54, 1.807) is 17.2 Å². The summed E-state index contributed by atoms with van der Waals surface area (Å²) in [5.41, 5.74) is 0.927. The van der Waals surface area contributed by atoms with Gasteiger partial charge in [-0.1, -0.05) is 13.8 Å². The highest BCUT2D eigenvalue weighted by molar-refractivity contribution is 5.99. The van der Waals surface area contributed by atoms with Crippen molar-refractivity contribution in [1.29, 1.82) is 0 Å². The zero-order valence-corrected chi connectivity index (χ0v) is 16.3. The van der Waals surface area contributed by atoms with Gasteiger partial charge in [-0.3, -0.25) is 14.6 Å². The molecular formula is C20H29N3O4. The lowest BCUT2D eigenvalue weighted by atomic mass is 10.0. The Morgan fingerprint density at radius 1 is 1.07 bits per heavy atom. The van der Waals surface area contributed by atoms with Crippen molar-refractivity contribution < 1.29 is 19.1 Å². The Bertz CT molecular complexity index is 657. The summed E-state index contributed by atoms with van der Waals surface area (Å²) in [6.45, 7) is 7.91. The van der Waals surface area contributed by atoms with Crippen LogP contribution >= 0.6 is 0 Å². The first-order valence-corrected chi connectivity index (χ1v) is 9.90. The Balaban J connectivity index is 1.67. The largest absolute Gasteiger partial charge is 0.347 e. The monoisotopic (exact) mass is 375 g/mol. The maximum atomic E-state index is 12.9. The van der Waals surface area contributed by atoms with E-state index in [1.807, 2.05) is 4.90 Å². The summed E-state index contributed by atoms with van der Waals surface area (Å²) >= 11 is 0. The van der Waals surface area contributed by atoms with Crippen molar-refractivity contribution in [2.75, 3.05) is 39.4 Å². The molecule has 0 aliphatic carbocycles. The van der Waals surface area contributed by atoms with Gasteiger partial charge in [0.2, 0.25) is 0 Å². The minimum absolute atomic E-state index is 0.0637. The van der Waals surface area contributed by atoms with E-state index in [2.05, 4.69) is 18.8 Å². The Hall–Kier alpha value is -1.99. The average Bonchev–Trinajstić information content (AvgIpc) is 3.15. The molecule has 7 heteroatoms. The second-order valence-corrected chi connectivity index (χ2v) is 7.15. The molecule has 3 rings (SSSR count). The van der Waals surface area contributed by atoms with Crippen LogP contribution in [0, 0.1) is 0 Å². The van der Waals surface area contributed by atoms with Crippen LogP contribution in [0.4, 0.5) is 0 Å². The summed E-state index contributed by atoms with van der Waals surface area (Å²) in [6, 6.07) is 1.67. The number of rotatable bonds is 6. The van der Waals surface area contributed by atoms with E-state index in [9.17, 15) is 9.59 Å². The third kappa shape index (κ3) is 4.47. The molecule has 2 saturated heterocycles. The lowest BCUT2D eigenvalue weighted by Crippen LogP contribution is -2.47. The third-order valence-corrected chi connectivity index (χ3v) is 5.13. The van der Waals surface area contributed by atoms with Gasteiger partial charge in [-0.05, 0) is 18.9 Å². The molecule has 0 aromatic carbocycles. The van der Waals surface area contributed by atoms with Crippen molar-refractivity contribution >= 4 is 11.8 Å². The SMILES string of the molecule is CCCN(CCC)C(=O)c1cncc(C(=O)N2CCC3(CC2)OCCO3)c1. The second kappa shape index (κ2) is 8.80. The van der Waals surface area contributed by atoms with Gasteiger partial charge < -0.3 is 19.3 Å². The lowest BCUT2D eigenvalue weighted by Gasteiger charge is -2.37. The van der Waals surface area contributed by atoms with E-state index in [4.69, 9.17) is 9.47 Å². The number of likely N-dealkylation sites (tertiary alicyclic amines) is 1. The minimum Gasteiger partial charge on any atom is -0.347 e. The van der Waals surface area contributed by atoms with Crippen LogP contribution in [-0.4, -0.2) is 71.8 Å². The summed E-state index contributed by atoms with van der Waals surface area (Å²) in [4.78, 5) is 33.4. The first-order valence-electron chi connectivity index (χ1n) is 9.90.